The van der Waals surface area contributed by atoms with Crippen molar-refractivity contribution in [2.45, 2.75) is 161 Å². The molecule has 0 radical (unpaired) electrons. The maximum absolute atomic E-state index is 6.37. The third-order valence-corrected chi connectivity index (χ3v) is 9.79. The summed E-state index contributed by atoms with van der Waals surface area (Å²) in [7, 11) is 0. The van der Waals surface area contributed by atoms with Gasteiger partial charge in [-0.1, -0.05) is 104 Å². The van der Waals surface area contributed by atoms with E-state index in [1.807, 2.05) is 0 Å². The topological polar surface area (TPSA) is 9.23 Å². The highest BCUT2D eigenvalue weighted by Gasteiger charge is 2.31. The molecule has 0 atom stereocenters. The fourth-order valence-corrected chi connectivity index (χ4v) is 7.47. The van der Waals surface area contributed by atoms with Gasteiger partial charge in [-0.05, 0) is 81.0 Å². The molecule has 0 N–H and O–H groups in total. The third kappa shape index (κ3) is 9.68. The average molecular weight is 447 g/mol. The molecule has 0 aromatic heterocycles. The van der Waals surface area contributed by atoms with E-state index in [-0.39, 0.29) is 0 Å². The Labute approximate surface area is 202 Å². The minimum atomic E-state index is 0.589. The molecule has 0 amide bonds. The minimum Gasteiger partial charge on any atom is -0.378 e. The molecule has 3 aliphatic carbocycles. The second-order valence-electron chi connectivity index (χ2n) is 12.2. The third-order valence-electron chi connectivity index (χ3n) is 9.79. The van der Waals surface area contributed by atoms with Gasteiger partial charge in [0.2, 0.25) is 0 Å². The fraction of sp³-hybridized carbons (Fsp3) is 1.00. The zero-order chi connectivity index (χ0) is 22.4. The van der Waals surface area contributed by atoms with Crippen LogP contribution in [0.2, 0.25) is 0 Å². The van der Waals surface area contributed by atoms with Crippen molar-refractivity contribution in [3.8, 4) is 0 Å². The fourth-order valence-electron chi connectivity index (χ4n) is 7.47. The van der Waals surface area contributed by atoms with Crippen molar-refractivity contribution in [1.29, 1.82) is 0 Å². The van der Waals surface area contributed by atoms with Gasteiger partial charge in [-0.2, -0.15) is 0 Å². The maximum Gasteiger partial charge on any atom is 0.0575 e. The van der Waals surface area contributed by atoms with E-state index in [2.05, 4.69) is 13.8 Å². The lowest BCUT2D eigenvalue weighted by Crippen LogP contribution is -2.28. The highest BCUT2D eigenvalue weighted by Crippen LogP contribution is 2.41. The Morgan fingerprint density at radius 1 is 0.469 bits per heavy atom. The van der Waals surface area contributed by atoms with Crippen LogP contribution in [-0.4, -0.2) is 12.7 Å². The largest absolute Gasteiger partial charge is 0.378 e. The summed E-state index contributed by atoms with van der Waals surface area (Å²) in [6.07, 6.45) is 32.7. The Morgan fingerprint density at radius 2 is 0.875 bits per heavy atom. The summed E-state index contributed by atoms with van der Waals surface area (Å²) >= 11 is 0. The standard InChI is InChI=1S/C31H58O/c1-3-5-7-10-26-13-15-28(16-14-26)12-9-25-32-31-23-21-30(22-24-31)29-19-17-27(18-20-29)11-8-6-4-2/h26-31H,3-25H2,1-2H3/t26?,27-,28?,29-,30?,31?. The van der Waals surface area contributed by atoms with Crippen LogP contribution in [-0.2, 0) is 4.74 Å². The summed E-state index contributed by atoms with van der Waals surface area (Å²) in [5.74, 6) is 5.21. The predicted molar refractivity (Wildman–Crippen MR) is 140 cm³/mol. The van der Waals surface area contributed by atoms with Crippen LogP contribution in [0.3, 0.4) is 0 Å². The molecule has 3 rings (SSSR count). The molecule has 1 nitrogen and oxygen atoms in total. The summed E-state index contributed by atoms with van der Waals surface area (Å²) in [5, 5.41) is 0. The zero-order valence-electron chi connectivity index (χ0n) is 22.1. The first-order valence-electron chi connectivity index (χ1n) is 15.4. The number of hydrogen-bond donors (Lipinski definition) is 0. The smallest absolute Gasteiger partial charge is 0.0575 e. The first-order chi connectivity index (χ1) is 15.8. The van der Waals surface area contributed by atoms with Crippen molar-refractivity contribution in [1.82, 2.24) is 0 Å². The van der Waals surface area contributed by atoms with E-state index in [4.69, 9.17) is 4.74 Å². The Hall–Kier alpha value is -0.0400. The van der Waals surface area contributed by atoms with Gasteiger partial charge < -0.3 is 4.74 Å². The summed E-state index contributed by atoms with van der Waals surface area (Å²) < 4.78 is 6.37. The molecule has 0 unspecified atom stereocenters. The molecule has 32 heavy (non-hydrogen) atoms. The van der Waals surface area contributed by atoms with Crippen molar-refractivity contribution < 1.29 is 4.74 Å². The van der Waals surface area contributed by atoms with Gasteiger partial charge in [-0.15, -0.1) is 0 Å². The van der Waals surface area contributed by atoms with E-state index in [0.29, 0.717) is 6.10 Å². The molecule has 0 heterocycles. The molecule has 0 aromatic rings. The van der Waals surface area contributed by atoms with Crippen LogP contribution >= 0.6 is 0 Å². The first kappa shape index (κ1) is 26.6. The van der Waals surface area contributed by atoms with E-state index in [1.165, 1.54) is 141 Å². The molecule has 0 saturated heterocycles. The number of hydrogen-bond acceptors (Lipinski definition) is 1. The molecular formula is C31H58O. The predicted octanol–water partition coefficient (Wildman–Crippen LogP) is 10.1. The number of unbranched alkanes of at least 4 members (excludes halogenated alkanes) is 4. The highest BCUT2D eigenvalue weighted by atomic mass is 16.5. The van der Waals surface area contributed by atoms with Gasteiger partial charge in [0.25, 0.3) is 0 Å². The van der Waals surface area contributed by atoms with Gasteiger partial charge in [-0.3, -0.25) is 0 Å². The summed E-state index contributed by atoms with van der Waals surface area (Å²) in [6, 6.07) is 0. The van der Waals surface area contributed by atoms with Gasteiger partial charge >= 0.3 is 0 Å². The molecule has 3 fully saturated rings. The molecule has 0 aromatic carbocycles. The van der Waals surface area contributed by atoms with Gasteiger partial charge in [-0.25, -0.2) is 0 Å². The van der Waals surface area contributed by atoms with Crippen molar-refractivity contribution in [2.75, 3.05) is 6.61 Å². The average Bonchev–Trinajstić information content (AvgIpc) is 2.84. The van der Waals surface area contributed by atoms with E-state index >= 15 is 0 Å². The first-order valence-corrected chi connectivity index (χ1v) is 15.4. The second-order valence-corrected chi connectivity index (χ2v) is 12.2. The van der Waals surface area contributed by atoms with E-state index < -0.39 is 0 Å². The van der Waals surface area contributed by atoms with E-state index in [1.54, 1.807) is 0 Å². The molecule has 0 spiro atoms. The Balaban J connectivity index is 1.17. The van der Waals surface area contributed by atoms with Crippen LogP contribution in [0.1, 0.15) is 155 Å². The molecule has 3 aliphatic rings. The second kappa shape index (κ2) is 15.8. The summed E-state index contributed by atoms with van der Waals surface area (Å²) in [4.78, 5) is 0. The van der Waals surface area contributed by atoms with Crippen LogP contribution in [0.5, 0.6) is 0 Å². The van der Waals surface area contributed by atoms with Gasteiger partial charge in [0.05, 0.1) is 6.10 Å². The maximum atomic E-state index is 6.37. The lowest BCUT2D eigenvalue weighted by molar-refractivity contribution is 0.00367. The van der Waals surface area contributed by atoms with Crippen molar-refractivity contribution in [2.24, 2.45) is 29.6 Å². The number of ether oxygens (including phenoxy) is 1. The van der Waals surface area contributed by atoms with Crippen molar-refractivity contribution in [3.05, 3.63) is 0 Å². The minimum absolute atomic E-state index is 0.589. The lowest BCUT2D eigenvalue weighted by Gasteiger charge is -2.38. The molecule has 1 heteroatoms. The normalized spacial score (nSPS) is 33.9. The number of rotatable bonds is 14. The molecule has 0 aliphatic heterocycles. The van der Waals surface area contributed by atoms with Crippen molar-refractivity contribution in [3.63, 3.8) is 0 Å². The zero-order valence-corrected chi connectivity index (χ0v) is 22.1. The van der Waals surface area contributed by atoms with Crippen LogP contribution < -0.4 is 0 Å². The van der Waals surface area contributed by atoms with Gasteiger partial charge in [0.1, 0.15) is 0 Å². The monoisotopic (exact) mass is 446 g/mol. The van der Waals surface area contributed by atoms with Crippen LogP contribution in [0.4, 0.5) is 0 Å². The highest BCUT2D eigenvalue weighted by molar-refractivity contribution is 4.82. The molecule has 3 saturated carbocycles. The summed E-state index contributed by atoms with van der Waals surface area (Å²) in [6.45, 7) is 5.69. The van der Waals surface area contributed by atoms with E-state index in [0.717, 1.165) is 36.2 Å². The van der Waals surface area contributed by atoms with Crippen molar-refractivity contribution >= 4 is 0 Å². The van der Waals surface area contributed by atoms with E-state index in [9.17, 15) is 0 Å². The van der Waals surface area contributed by atoms with Crippen LogP contribution in [0.15, 0.2) is 0 Å². The quantitative estimate of drug-likeness (QED) is 0.241. The Kier molecular flexibility index (Phi) is 13.1. The lowest BCUT2D eigenvalue weighted by atomic mass is 9.70. The SMILES string of the molecule is CCCCCC1CCC(CCCOC2CCC([C@H]3CC[C@H](CCCCC)CC3)CC2)CC1. The Bertz CT molecular complexity index is 435. The van der Waals surface area contributed by atoms with Crippen LogP contribution in [0, 0.1) is 29.6 Å². The molecule has 188 valence electrons. The van der Waals surface area contributed by atoms with Gasteiger partial charge in [0, 0.05) is 6.61 Å². The summed E-state index contributed by atoms with van der Waals surface area (Å²) in [5.41, 5.74) is 0. The molecule has 0 bridgehead atoms. The molecular weight excluding hydrogens is 388 g/mol. The van der Waals surface area contributed by atoms with Gasteiger partial charge in [0.15, 0.2) is 0 Å². The Morgan fingerprint density at radius 3 is 1.34 bits per heavy atom. The van der Waals surface area contributed by atoms with Crippen LogP contribution in [0.25, 0.3) is 0 Å².